The Morgan fingerprint density at radius 1 is 1.14 bits per heavy atom. The van der Waals surface area contributed by atoms with Crippen LogP contribution in [-0.4, -0.2) is 13.7 Å². The molecule has 0 heterocycles. The van der Waals surface area contributed by atoms with Gasteiger partial charge < -0.3 is 10.1 Å². The van der Waals surface area contributed by atoms with Crippen LogP contribution in [-0.2, 0) is 0 Å². The first-order chi connectivity index (χ1) is 10.1. The van der Waals surface area contributed by atoms with E-state index in [4.69, 9.17) is 4.74 Å². The molecule has 0 aliphatic carbocycles. The number of benzene rings is 2. The SMILES string of the molecule is CCNC(c1cc(C)cc(C)c1)c1cccc(OC)c1F. The van der Waals surface area contributed by atoms with Crippen molar-refractivity contribution < 1.29 is 9.13 Å². The Balaban J connectivity index is 2.53. The van der Waals surface area contributed by atoms with Gasteiger partial charge in [-0.1, -0.05) is 48.4 Å². The van der Waals surface area contributed by atoms with Crippen LogP contribution in [0, 0.1) is 19.7 Å². The first-order valence-electron chi connectivity index (χ1n) is 7.20. The van der Waals surface area contributed by atoms with Gasteiger partial charge in [-0.25, -0.2) is 4.39 Å². The molecule has 112 valence electrons. The van der Waals surface area contributed by atoms with Crippen molar-refractivity contribution in [3.05, 3.63) is 64.5 Å². The van der Waals surface area contributed by atoms with Gasteiger partial charge >= 0.3 is 0 Å². The Labute approximate surface area is 126 Å². The van der Waals surface area contributed by atoms with Crippen LogP contribution in [0.5, 0.6) is 5.75 Å². The second kappa shape index (κ2) is 6.72. The van der Waals surface area contributed by atoms with Gasteiger partial charge in [0, 0.05) is 5.56 Å². The zero-order valence-corrected chi connectivity index (χ0v) is 13.0. The van der Waals surface area contributed by atoms with Crippen LogP contribution in [0.1, 0.15) is 35.2 Å². The van der Waals surface area contributed by atoms with Gasteiger partial charge in [-0.3, -0.25) is 0 Å². The van der Waals surface area contributed by atoms with Crippen LogP contribution >= 0.6 is 0 Å². The van der Waals surface area contributed by atoms with E-state index in [0.717, 1.165) is 12.1 Å². The minimum Gasteiger partial charge on any atom is -0.494 e. The minimum absolute atomic E-state index is 0.177. The van der Waals surface area contributed by atoms with E-state index in [2.05, 4.69) is 37.4 Å². The standard InChI is InChI=1S/C18H22FNO/c1-5-20-18(14-10-12(2)9-13(3)11-14)15-7-6-8-16(21-4)17(15)19/h6-11,18,20H,5H2,1-4H3. The number of ether oxygens (including phenoxy) is 1. The maximum atomic E-state index is 14.6. The molecule has 0 bridgehead atoms. The number of hydrogen-bond donors (Lipinski definition) is 1. The molecule has 1 atom stereocenters. The third-order valence-electron chi connectivity index (χ3n) is 3.51. The van der Waals surface area contributed by atoms with Gasteiger partial charge in [-0.15, -0.1) is 0 Å². The molecule has 3 heteroatoms. The fourth-order valence-electron chi connectivity index (χ4n) is 2.70. The summed E-state index contributed by atoms with van der Waals surface area (Å²) >= 11 is 0. The molecule has 1 N–H and O–H groups in total. The topological polar surface area (TPSA) is 21.3 Å². The zero-order valence-electron chi connectivity index (χ0n) is 13.0. The monoisotopic (exact) mass is 287 g/mol. The van der Waals surface area contributed by atoms with Gasteiger partial charge in [0.15, 0.2) is 11.6 Å². The van der Waals surface area contributed by atoms with Crippen molar-refractivity contribution >= 4 is 0 Å². The molecule has 0 saturated carbocycles. The Morgan fingerprint density at radius 3 is 2.38 bits per heavy atom. The maximum absolute atomic E-state index is 14.6. The molecular formula is C18H22FNO. The molecule has 0 spiro atoms. The fourth-order valence-corrected chi connectivity index (χ4v) is 2.70. The van der Waals surface area contributed by atoms with Gasteiger partial charge in [-0.05, 0) is 32.0 Å². The third-order valence-corrected chi connectivity index (χ3v) is 3.51. The molecule has 2 aromatic rings. The average Bonchev–Trinajstić information content (AvgIpc) is 2.44. The maximum Gasteiger partial charge on any atom is 0.170 e. The van der Waals surface area contributed by atoms with E-state index in [0.29, 0.717) is 5.56 Å². The molecule has 2 nitrogen and oxygen atoms in total. The zero-order chi connectivity index (χ0) is 15.4. The molecule has 0 aromatic heterocycles. The van der Waals surface area contributed by atoms with Crippen molar-refractivity contribution in [2.24, 2.45) is 0 Å². The number of hydrogen-bond acceptors (Lipinski definition) is 2. The van der Waals surface area contributed by atoms with E-state index >= 15 is 0 Å². The van der Waals surface area contributed by atoms with Crippen LogP contribution in [0.2, 0.25) is 0 Å². The summed E-state index contributed by atoms with van der Waals surface area (Å²) in [5, 5.41) is 3.37. The van der Waals surface area contributed by atoms with E-state index in [9.17, 15) is 4.39 Å². The number of halogens is 1. The molecule has 0 amide bonds. The molecule has 0 fully saturated rings. The second-order valence-electron chi connectivity index (χ2n) is 5.28. The van der Waals surface area contributed by atoms with E-state index in [-0.39, 0.29) is 17.6 Å². The lowest BCUT2D eigenvalue weighted by molar-refractivity contribution is 0.381. The number of aryl methyl sites for hydroxylation is 2. The quantitative estimate of drug-likeness (QED) is 0.892. The van der Waals surface area contributed by atoms with Gasteiger partial charge in [0.2, 0.25) is 0 Å². The van der Waals surface area contributed by atoms with Crippen molar-refractivity contribution in [1.82, 2.24) is 5.32 Å². The lowest BCUT2D eigenvalue weighted by Gasteiger charge is -2.21. The Kier molecular flexibility index (Phi) is 4.97. The number of methoxy groups -OCH3 is 1. The molecule has 1 unspecified atom stereocenters. The van der Waals surface area contributed by atoms with Crippen LogP contribution < -0.4 is 10.1 Å². The minimum atomic E-state index is -0.301. The molecule has 2 aromatic carbocycles. The van der Waals surface area contributed by atoms with Gasteiger partial charge in [-0.2, -0.15) is 0 Å². The summed E-state index contributed by atoms with van der Waals surface area (Å²) in [4.78, 5) is 0. The molecular weight excluding hydrogens is 265 g/mol. The van der Waals surface area contributed by atoms with Crippen LogP contribution in [0.15, 0.2) is 36.4 Å². The predicted molar refractivity (Wildman–Crippen MR) is 84.4 cm³/mol. The molecule has 0 aliphatic heterocycles. The van der Waals surface area contributed by atoms with Crippen molar-refractivity contribution in [2.75, 3.05) is 13.7 Å². The van der Waals surface area contributed by atoms with Crippen molar-refractivity contribution in [3.63, 3.8) is 0 Å². The van der Waals surface area contributed by atoms with Crippen molar-refractivity contribution in [3.8, 4) is 5.75 Å². The smallest absolute Gasteiger partial charge is 0.170 e. The Bertz CT molecular complexity index is 604. The summed E-state index contributed by atoms with van der Waals surface area (Å²) in [6.45, 7) is 6.89. The Morgan fingerprint density at radius 2 is 1.81 bits per heavy atom. The van der Waals surface area contributed by atoms with Crippen LogP contribution in [0.4, 0.5) is 4.39 Å². The highest BCUT2D eigenvalue weighted by molar-refractivity contribution is 5.40. The second-order valence-corrected chi connectivity index (χ2v) is 5.28. The van der Waals surface area contributed by atoms with Gasteiger partial charge in [0.1, 0.15) is 0 Å². The lowest BCUT2D eigenvalue weighted by Crippen LogP contribution is -2.23. The van der Waals surface area contributed by atoms with E-state index in [1.165, 1.54) is 18.2 Å². The molecule has 0 radical (unpaired) electrons. The first-order valence-corrected chi connectivity index (χ1v) is 7.20. The van der Waals surface area contributed by atoms with E-state index in [1.54, 1.807) is 6.07 Å². The highest BCUT2D eigenvalue weighted by Crippen LogP contribution is 2.30. The summed E-state index contributed by atoms with van der Waals surface area (Å²) in [6, 6.07) is 11.4. The molecule has 21 heavy (non-hydrogen) atoms. The summed E-state index contributed by atoms with van der Waals surface area (Å²) in [6.07, 6.45) is 0. The summed E-state index contributed by atoms with van der Waals surface area (Å²) in [5.41, 5.74) is 4.04. The average molecular weight is 287 g/mol. The van der Waals surface area contributed by atoms with Crippen molar-refractivity contribution in [1.29, 1.82) is 0 Å². The summed E-state index contributed by atoms with van der Waals surface area (Å²) in [5.74, 6) is -0.0233. The highest BCUT2D eigenvalue weighted by atomic mass is 19.1. The fraction of sp³-hybridized carbons (Fsp3) is 0.333. The van der Waals surface area contributed by atoms with Gasteiger partial charge in [0.05, 0.1) is 13.2 Å². The van der Waals surface area contributed by atoms with E-state index < -0.39 is 0 Å². The number of rotatable bonds is 5. The summed E-state index contributed by atoms with van der Waals surface area (Å²) < 4.78 is 19.7. The van der Waals surface area contributed by atoms with E-state index in [1.807, 2.05) is 19.1 Å². The largest absolute Gasteiger partial charge is 0.494 e. The normalized spacial score (nSPS) is 12.2. The van der Waals surface area contributed by atoms with Crippen molar-refractivity contribution in [2.45, 2.75) is 26.8 Å². The predicted octanol–water partition coefficient (Wildman–Crippen LogP) is 4.15. The molecule has 2 rings (SSSR count). The van der Waals surface area contributed by atoms with Crippen LogP contribution in [0.3, 0.4) is 0 Å². The lowest BCUT2D eigenvalue weighted by atomic mass is 9.95. The molecule has 0 saturated heterocycles. The number of nitrogens with one attached hydrogen (secondary N) is 1. The first kappa shape index (κ1) is 15.5. The molecule has 0 aliphatic rings. The summed E-state index contributed by atoms with van der Waals surface area (Å²) in [7, 11) is 1.49. The third kappa shape index (κ3) is 3.42. The van der Waals surface area contributed by atoms with Crippen LogP contribution in [0.25, 0.3) is 0 Å². The Hall–Kier alpha value is -1.87. The van der Waals surface area contributed by atoms with Gasteiger partial charge in [0.25, 0.3) is 0 Å². The highest BCUT2D eigenvalue weighted by Gasteiger charge is 2.19.